The fourth-order valence-corrected chi connectivity index (χ4v) is 2.63. The molecule has 0 saturated heterocycles. The lowest BCUT2D eigenvalue weighted by molar-refractivity contribution is 0.0945. The van der Waals surface area contributed by atoms with Crippen LogP contribution in [0, 0.1) is 6.92 Å². The van der Waals surface area contributed by atoms with Crippen molar-refractivity contribution >= 4 is 11.7 Å². The lowest BCUT2D eigenvalue weighted by atomic mass is 10.2. The molecule has 7 heteroatoms. The number of nitrogens with zero attached hydrogens (tertiary/aromatic N) is 2. The van der Waals surface area contributed by atoms with Crippen molar-refractivity contribution in [2.75, 3.05) is 26.1 Å². The summed E-state index contributed by atoms with van der Waals surface area (Å²) in [6.45, 7) is 5.14. The number of hydrogen-bond acceptors (Lipinski definition) is 6. The Labute approximate surface area is 160 Å². The quantitative estimate of drug-likeness (QED) is 0.622. The van der Waals surface area contributed by atoms with Crippen LogP contribution in [0.5, 0.6) is 11.5 Å². The number of rotatable bonds is 10. The SMILES string of the molecule is CCCCCNc1cc(C(=O)NCc2ccc(OC)c(OC)c2)nc(C)n1. The maximum atomic E-state index is 12.5. The van der Waals surface area contributed by atoms with E-state index in [0.29, 0.717) is 35.4 Å². The number of methoxy groups -OCH3 is 2. The van der Waals surface area contributed by atoms with Crippen molar-refractivity contribution in [2.45, 2.75) is 39.7 Å². The normalized spacial score (nSPS) is 10.4. The largest absolute Gasteiger partial charge is 0.493 e. The number of nitrogens with one attached hydrogen (secondary N) is 2. The molecule has 27 heavy (non-hydrogen) atoms. The summed E-state index contributed by atoms with van der Waals surface area (Å²) in [7, 11) is 3.17. The molecule has 2 rings (SSSR count). The van der Waals surface area contributed by atoms with Gasteiger partial charge in [-0.05, 0) is 31.0 Å². The van der Waals surface area contributed by atoms with Gasteiger partial charge in [0.1, 0.15) is 17.3 Å². The van der Waals surface area contributed by atoms with Gasteiger partial charge >= 0.3 is 0 Å². The predicted octanol–water partition coefficient (Wildman–Crippen LogP) is 3.33. The van der Waals surface area contributed by atoms with Crippen LogP contribution in [0.15, 0.2) is 24.3 Å². The van der Waals surface area contributed by atoms with E-state index in [9.17, 15) is 4.79 Å². The summed E-state index contributed by atoms with van der Waals surface area (Å²) in [5, 5.41) is 6.14. The number of benzene rings is 1. The Morgan fingerprint density at radius 3 is 2.56 bits per heavy atom. The second-order valence-corrected chi connectivity index (χ2v) is 6.19. The third-order valence-electron chi connectivity index (χ3n) is 4.06. The van der Waals surface area contributed by atoms with Crippen LogP contribution in [0.1, 0.15) is 48.1 Å². The van der Waals surface area contributed by atoms with E-state index >= 15 is 0 Å². The highest BCUT2D eigenvalue weighted by Crippen LogP contribution is 2.27. The van der Waals surface area contributed by atoms with Crippen molar-refractivity contribution in [3.8, 4) is 11.5 Å². The molecule has 2 N–H and O–H groups in total. The van der Waals surface area contributed by atoms with E-state index < -0.39 is 0 Å². The molecule has 0 aliphatic heterocycles. The monoisotopic (exact) mass is 372 g/mol. The minimum absolute atomic E-state index is 0.244. The molecule has 0 fully saturated rings. The number of amides is 1. The zero-order valence-electron chi connectivity index (χ0n) is 16.5. The van der Waals surface area contributed by atoms with Gasteiger partial charge < -0.3 is 20.1 Å². The summed E-state index contributed by atoms with van der Waals surface area (Å²) >= 11 is 0. The molecule has 146 valence electrons. The Morgan fingerprint density at radius 2 is 1.85 bits per heavy atom. The predicted molar refractivity (Wildman–Crippen MR) is 105 cm³/mol. The van der Waals surface area contributed by atoms with Gasteiger partial charge in [0.2, 0.25) is 0 Å². The summed E-state index contributed by atoms with van der Waals surface area (Å²) < 4.78 is 10.5. The highest BCUT2D eigenvalue weighted by atomic mass is 16.5. The molecule has 2 aromatic rings. The number of aromatic nitrogens is 2. The van der Waals surface area contributed by atoms with Gasteiger partial charge in [0.05, 0.1) is 14.2 Å². The molecule has 1 heterocycles. The standard InChI is InChI=1S/C20H28N4O3/c1-5-6-7-10-21-19-12-16(23-14(2)24-19)20(25)22-13-15-8-9-17(26-3)18(11-15)27-4/h8-9,11-12H,5-7,10,13H2,1-4H3,(H,22,25)(H,21,23,24). The van der Waals surface area contributed by atoms with Gasteiger partial charge in [0.15, 0.2) is 11.5 Å². The molecular formula is C20H28N4O3. The molecule has 0 bridgehead atoms. The Balaban J connectivity index is 2.00. The molecule has 0 aliphatic rings. The van der Waals surface area contributed by atoms with Crippen LogP contribution in [0.25, 0.3) is 0 Å². The maximum absolute atomic E-state index is 12.5. The number of carbonyl (C=O) groups is 1. The number of carbonyl (C=O) groups excluding carboxylic acids is 1. The van der Waals surface area contributed by atoms with Crippen molar-refractivity contribution in [1.29, 1.82) is 0 Å². The first-order valence-electron chi connectivity index (χ1n) is 9.16. The van der Waals surface area contributed by atoms with Crippen LogP contribution in [-0.4, -0.2) is 36.6 Å². The van der Waals surface area contributed by atoms with E-state index in [1.54, 1.807) is 27.2 Å². The van der Waals surface area contributed by atoms with Gasteiger partial charge in [-0.15, -0.1) is 0 Å². The summed E-state index contributed by atoms with van der Waals surface area (Å²) in [5.74, 6) is 2.27. The van der Waals surface area contributed by atoms with E-state index in [1.807, 2.05) is 18.2 Å². The smallest absolute Gasteiger partial charge is 0.270 e. The van der Waals surface area contributed by atoms with Crippen LogP contribution in [0.3, 0.4) is 0 Å². The van der Waals surface area contributed by atoms with Crippen LogP contribution in [0.4, 0.5) is 5.82 Å². The van der Waals surface area contributed by atoms with Crippen LogP contribution < -0.4 is 20.1 Å². The zero-order valence-corrected chi connectivity index (χ0v) is 16.5. The summed E-state index contributed by atoms with van der Waals surface area (Å²) in [6, 6.07) is 7.22. The van der Waals surface area contributed by atoms with Crippen molar-refractivity contribution in [3.63, 3.8) is 0 Å². The molecule has 1 aromatic carbocycles. The van der Waals surface area contributed by atoms with E-state index in [-0.39, 0.29) is 5.91 Å². The lowest BCUT2D eigenvalue weighted by Gasteiger charge is -2.11. The van der Waals surface area contributed by atoms with Gasteiger partial charge in [0.25, 0.3) is 5.91 Å². The number of aryl methyl sites for hydroxylation is 1. The Kier molecular flexibility index (Phi) is 7.85. The molecule has 1 aromatic heterocycles. The molecule has 0 radical (unpaired) electrons. The van der Waals surface area contributed by atoms with E-state index in [1.165, 1.54) is 0 Å². The van der Waals surface area contributed by atoms with Crippen LogP contribution in [0.2, 0.25) is 0 Å². The average molecular weight is 372 g/mol. The third-order valence-corrected chi connectivity index (χ3v) is 4.06. The Bertz CT molecular complexity index is 765. The number of anilines is 1. The highest BCUT2D eigenvalue weighted by Gasteiger charge is 2.11. The third kappa shape index (κ3) is 6.13. The first kappa shape index (κ1) is 20.5. The molecule has 0 unspecified atom stereocenters. The van der Waals surface area contributed by atoms with Gasteiger partial charge in [-0.1, -0.05) is 25.8 Å². The van der Waals surface area contributed by atoms with Gasteiger partial charge in [0, 0.05) is 19.2 Å². The van der Waals surface area contributed by atoms with Gasteiger partial charge in [-0.25, -0.2) is 9.97 Å². The zero-order chi connectivity index (χ0) is 19.6. The van der Waals surface area contributed by atoms with Gasteiger partial charge in [-0.3, -0.25) is 4.79 Å². The maximum Gasteiger partial charge on any atom is 0.270 e. The molecule has 1 amide bonds. The number of unbranched alkanes of at least 4 members (excludes halogenated alkanes) is 2. The lowest BCUT2D eigenvalue weighted by Crippen LogP contribution is -2.24. The number of ether oxygens (including phenoxy) is 2. The topological polar surface area (TPSA) is 85.4 Å². The molecule has 7 nitrogen and oxygen atoms in total. The van der Waals surface area contributed by atoms with Crippen LogP contribution in [-0.2, 0) is 6.54 Å². The molecule has 0 aliphatic carbocycles. The first-order valence-corrected chi connectivity index (χ1v) is 9.16. The molecular weight excluding hydrogens is 344 g/mol. The Hall–Kier alpha value is -2.83. The molecule has 0 spiro atoms. The van der Waals surface area contributed by atoms with Crippen molar-refractivity contribution in [2.24, 2.45) is 0 Å². The van der Waals surface area contributed by atoms with Crippen LogP contribution >= 0.6 is 0 Å². The second-order valence-electron chi connectivity index (χ2n) is 6.19. The summed E-state index contributed by atoms with van der Waals surface area (Å²) in [5.41, 5.74) is 1.26. The summed E-state index contributed by atoms with van der Waals surface area (Å²) in [6.07, 6.45) is 3.39. The van der Waals surface area contributed by atoms with Crippen molar-refractivity contribution < 1.29 is 14.3 Å². The fourth-order valence-electron chi connectivity index (χ4n) is 2.63. The Morgan fingerprint density at radius 1 is 1.07 bits per heavy atom. The van der Waals surface area contributed by atoms with Crippen molar-refractivity contribution in [3.05, 3.63) is 41.3 Å². The van der Waals surface area contributed by atoms with Gasteiger partial charge in [-0.2, -0.15) is 0 Å². The average Bonchev–Trinajstić information content (AvgIpc) is 2.68. The highest BCUT2D eigenvalue weighted by molar-refractivity contribution is 5.92. The molecule has 0 atom stereocenters. The first-order chi connectivity index (χ1) is 13.1. The molecule has 0 saturated carbocycles. The minimum Gasteiger partial charge on any atom is -0.493 e. The summed E-state index contributed by atoms with van der Waals surface area (Å²) in [4.78, 5) is 21.1. The minimum atomic E-state index is -0.244. The number of hydrogen-bond donors (Lipinski definition) is 2. The second kappa shape index (κ2) is 10.4. The van der Waals surface area contributed by atoms with E-state index in [0.717, 1.165) is 31.4 Å². The van der Waals surface area contributed by atoms with E-state index in [2.05, 4.69) is 27.5 Å². The van der Waals surface area contributed by atoms with E-state index in [4.69, 9.17) is 9.47 Å². The fraction of sp³-hybridized carbons (Fsp3) is 0.450. The van der Waals surface area contributed by atoms with Crippen molar-refractivity contribution in [1.82, 2.24) is 15.3 Å².